The first-order valence-corrected chi connectivity index (χ1v) is 6.54. The number of aromatic nitrogens is 2. The van der Waals surface area contributed by atoms with Crippen LogP contribution in [0.4, 0.5) is 4.39 Å². The van der Waals surface area contributed by atoms with E-state index in [1.165, 1.54) is 6.07 Å². The Morgan fingerprint density at radius 1 is 1.50 bits per heavy atom. The van der Waals surface area contributed by atoms with E-state index in [-0.39, 0.29) is 0 Å². The van der Waals surface area contributed by atoms with Gasteiger partial charge in [0, 0.05) is 35.4 Å². The summed E-state index contributed by atoms with van der Waals surface area (Å²) in [5.74, 6) is 0.346. The Balaban J connectivity index is 2.19. The third-order valence-corrected chi connectivity index (χ3v) is 3.33. The molecule has 2 rings (SSSR count). The molecule has 0 bridgehead atoms. The monoisotopic (exact) mass is 312 g/mol. The number of hydrogen-bond donors (Lipinski definition) is 1. The lowest BCUT2D eigenvalue weighted by molar-refractivity contribution is 0.170. The molecule has 0 fully saturated rings. The second kappa shape index (κ2) is 5.63. The van der Waals surface area contributed by atoms with Crippen molar-refractivity contribution in [1.82, 2.24) is 9.55 Å². The van der Waals surface area contributed by atoms with Crippen molar-refractivity contribution in [2.45, 2.75) is 26.0 Å². The van der Waals surface area contributed by atoms with E-state index in [9.17, 15) is 9.50 Å². The van der Waals surface area contributed by atoms with Crippen molar-refractivity contribution in [3.63, 3.8) is 0 Å². The molecule has 3 nitrogen and oxygen atoms in total. The Morgan fingerprint density at radius 2 is 2.28 bits per heavy atom. The van der Waals surface area contributed by atoms with Gasteiger partial charge in [0.1, 0.15) is 11.6 Å². The number of nitrogens with zero attached hydrogens (tertiary/aromatic N) is 2. The Hall–Kier alpha value is -1.20. The van der Waals surface area contributed by atoms with E-state index in [0.29, 0.717) is 16.5 Å². The van der Waals surface area contributed by atoms with Crippen LogP contribution in [0, 0.1) is 5.82 Å². The van der Waals surface area contributed by atoms with Crippen LogP contribution >= 0.6 is 15.9 Å². The van der Waals surface area contributed by atoms with Gasteiger partial charge in [-0.05, 0) is 19.1 Å². The molecule has 2 aromatic rings. The molecule has 1 aromatic heterocycles. The van der Waals surface area contributed by atoms with Crippen LogP contribution in [0.25, 0.3) is 0 Å². The highest BCUT2D eigenvalue weighted by Crippen LogP contribution is 2.23. The third-order valence-electron chi connectivity index (χ3n) is 2.84. The first-order chi connectivity index (χ1) is 8.61. The van der Waals surface area contributed by atoms with E-state index in [4.69, 9.17) is 0 Å². The van der Waals surface area contributed by atoms with E-state index in [2.05, 4.69) is 20.9 Å². The van der Waals surface area contributed by atoms with Crippen LogP contribution in [0.1, 0.15) is 24.4 Å². The first-order valence-electron chi connectivity index (χ1n) is 5.74. The minimum atomic E-state index is -0.884. The second-order valence-electron chi connectivity index (χ2n) is 4.02. The molecule has 1 unspecified atom stereocenters. The molecule has 1 N–H and O–H groups in total. The Labute approximate surface area is 113 Å². The first kappa shape index (κ1) is 13.2. The number of aliphatic hydroxyl groups is 1. The van der Waals surface area contributed by atoms with Crippen molar-refractivity contribution in [3.05, 3.63) is 52.3 Å². The van der Waals surface area contributed by atoms with Gasteiger partial charge in [-0.2, -0.15) is 0 Å². The van der Waals surface area contributed by atoms with Crippen LogP contribution in [-0.2, 0) is 13.0 Å². The van der Waals surface area contributed by atoms with Crippen LogP contribution in [0.2, 0.25) is 0 Å². The molecule has 18 heavy (non-hydrogen) atoms. The van der Waals surface area contributed by atoms with Crippen LogP contribution in [0.3, 0.4) is 0 Å². The maximum Gasteiger partial charge on any atom is 0.130 e. The lowest BCUT2D eigenvalue weighted by Gasteiger charge is -2.12. The topological polar surface area (TPSA) is 38.0 Å². The molecular formula is C13H14BrFN2O. The lowest BCUT2D eigenvalue weighted by Crippen LogP contribution is -2.09. The van der Waals surface area contributed by atoms with Crippen LogP contribution in [0.15, 0.2) is 35.1 Å². The van der Waals surface area contributed by atoms with Crippen molar-refractivity contribution < 1.29 is 9.50 Å². The van der Waals surface area contributed by atoms with Gasteiger partial charge < -0.3 is 9.67 Å². The molecule has 0 saturated heterocycles. The van der Waals surface area contributed by atoms with Gasteiger partial charge in [-0.1, -0.05) is 22.0 Å². The van der Waals surface area contributed by atoms with E-state index in [1.807, 2.05) is 17.7 Å². The highest BCUT2D eigenvalue weighted by molar-refractivity contribution is 9.10. The van der Waals surface area contributed by atoms with Crippen molar-refractivity contribution >= 4 is 15.9 Å². The average Bonchev–Trinajstić information content (AvgIpc) is 2.76. The molecule has 1 aromatic carbocycles. The predicted molar refractivity (Wildman–Crippen MR) is 70.7 cm³/mol. The van der Waals surface area contributed by atoms with Gasteiger partial charge in [0.15, 0.2) is 0 Å². The van der Waals surface area contributed by atoms with Gasteiger partial charge in [0.2, 0.25) is 0 Å². The fraction of sp³-hybridized carbons (Fsp3) is 0.308. The molecule has 0 aliphatic heterocycles. The standard InChI is InChI=1S/C13H14BrFN2O/c1-2-17-6-5-16-13(17)8-12(18)10-4-3-9(14)7-11(10)15/h3-7,12,18H,2,8H2,1H3. The Bertz CT molecular complexity index is 542. The summed E-state index contributed by atoms with van der Waals surface area (Å²) in [6.45, 7) is 2.78. The highest BCUT2D eigenvalue weighted by atomic mass is 79.9. The summed E-state index contributed by atoms with van der Waals surface area (Å²) in [6, 6.07) is 4.65. The molecule has 1 atom stereocenters. The van der Waals surface area contributed by atoms with E-state index in [1.54, 1.807) is 18.3 Å². The predicted octanol–water partition coefficient (Wildman–Crippen LogP) is 3.08. The van der Waals surface area contributed by atoms with Gasteiger partial charge in [-0.3, -0.25) is 0 Å². The van der Waals surface area contributed by atoms with Crippen molar-refractivity contribution in [2.24, 2.45) is 0 Å². The maximum atomic E-state index is 13.7. The minimum absolute atomic E-state index is 0.295. The summed E-state index contributed by atoms with van der Waals surface area (Å²) in [5, 5.41) is 10.1. The largest absolute Gasteiger partial charge is 0.388 e. The molecule has 96 valence electrons. The number of aliphatic hydroxyl groups excluding tert-OH is 1. The molecule has 0 saturated carbocycles. The molecule has 0 radical (unpaired) electrons. The summed E-state index contributed by atoms with van der Waals surface area (Å²) in [6.07, 6.45) is 2.95. The summed E-state index contributed by atoms with van der Waals surface area (Å²) < 4.78 is 16.3. The van der Waals surface area contributed by atoms with Crippen molar-refractivity contribution in [3.8, 4) is 0 Å². The van der Waals surface area contributed by atoms with Gasteiger partial charge in [0.25, 0.3) is 0 Å². The van der Waals surface area contributed by atoms with Gasteiger partial charge in [-0.25, -0.2) is 9.37 Å². The molecule has 0 amide bonds. The number of halogens is 2. The molecule has 0 aliphatic carbocycles. The third kappa shape index (κ3) is 2.79. The molecule has 1 heterocycles. The summed E-state index contributed by atoms with van der Waals surface area (Å²) in [5.41, 5.74) is 0.295. The van der Waals surface area contributed by atoms with Crippen molar-refractivity contribution in [2.75, 3.05) is 0 Å². The summed E-state index contributed by atoms with van der Waals surface area (Å²) in [7, 11) is 0. The number of imidazole rings is 1. The van der Waals surface area contributed by atoms with Crippen LogP contribution < -0.4 is 0 Å². The smallest absolute Gasteiger partial charge is 0.130 e. The zero-order valence-electron chi connectivity index (χ0n) is 9.98. The SMILES string of the molecule is CCn1ccnc1CC(O)c1ccc(Br)cc1F. The van der Waals surface area contributed by atoms with E-state index < -0.39 is 11.9 Å². The van der Waals surface area contributed by atoms with Crippen molar-refractivity contribution in [1.29, 1.82) is 0 Å². The van der Waals surface area contributed by atoms with Crippen LogP contribution in [0.5, 0.6) is 0 Å². The quantitative estimate of drug-likeness (QED) is 0.942. The number of hydrogen-bond acceptors (Lipinski definition) is 2. The summed E-state index contributed by atoms with van der Waals surface area (Å²) >= 11 is 3.19. The number of rotatable bonds is 4. The molecular weight excluding hydrogens is 299 g/mol. The van der Waals surface area contributed by atoms with E-state index >= 15 is 0 Å². The molecule has 0 spiro atoms. The van der Waals surface area contributed by atoms with Gasteiger partial charge in [-0.15, -0.1) is 0 Å². The number of benzene rings is 1. The molecule has 5 heteroatoms. The lowest BCUT2D eigenvalue weighted by atomic mass is 10.1. The van der Waals surface area contributed by atoms with Gasteiger partial charge in [0.05, 0.1) is 6.10 Å². The second-order valence-corrected chi connectivity index (χ2v) is 4.93. The fourth-order valence-electron chi connectivity index (χ4n) is 1.87. The zero-order chi connectivity index (χ0) is 13.1. The summed E-state index contributed by atoms with van der Waals surface area (Å²) in [4.78, 5) is 4.17. The average molecular weight is 313 g/mol. The molecule has 0 aliphatic rings. The number of aryl methyl sites for hydroxylation is 1. The normalized spacial score (nSPS) is 12.7. The Kier molecular flexibility index (Phi) is 4.14. The van der Waals surface area contributed by atoms with Gasteiger partial charge >= 0.3 is 0 Å². The fourth-order valence-corrected chi connectivity index (χ4v) is 2.21. The maximum absolute atomic E-state index is 13.7. The van der Waals surface area contributed by atoms with E-state index in [0.717, 1.165) is 12.4 Å². The highest BCUT2D eigenvalue weighted by Gasteiger charge is 2.16. The zero-order valence-corrected chi connectivity index (χ0v) is 11.6. The van der Waals surface area contributed by atoms with Crippen LogP contribution in [-0.4, -0.2) is 14.7 Å². The Morgan fingerprint density at radius 3 is 2.94 bits per heavy atom. The minimum Gasteiger partial charge on any atom is -0.388 e.